The molecule has 8 aromatic heterocycles. The first-order chi connectivity index (χ1) is 46.0. The average molecular weight is 1270 g/mol. The number of nitrogens with zero attached hydrogens (tertiary/aromatic N) is 14. The summed E-state index contributed by atoms with van der Waals surface area (Å²) < 4.78 is 81.5. The first-order valence-corrected chi connectivity index (χ1v) is 30.0. The second kappa shape index (κ2) is 28.2. The van der Waals surface area contributed by atoms with Gasteiger partial charge < -0.3 is 48.2 Å². The lowest BCUT2D eigenvalue weighted by atomic mass is 10.1. The van der Waals surface area contributed by atoms with Gasteiger partial charge >= 0.3 is 0 Å². The van der Waals surface area contributed by atoms with Crippen LogP contribution < -0.4 is 48.2 Å². The Morgan fingerprint density at radius 2 is 0.745 bits per heavy atom. The second-order valence-electron chi connectivity index (χ2n) is 22.1. The monoisotopic (exact) mass is 1260 g/mol. The SMILES string of the molecule is Cc1ccc2ccc3c(c2n1)OCN(c1ccc(F)c(F)c1)C3.Cc1ccc2ccc3c(c2n1)OCN(c1ccc(F)c(F)c1)C3.c1cnc(N2COc3ncccc3C2)nc1.c1cnc2c(c1)CN(c1ccncc1)CO2.c1cncc(N2COc3ncccc3C2)c1. The molecule has 0 aliphatic carbocycles. The number of pyridine rings is 7. The highest BCUT2D eigenvalue weighted by Gasteiger charge is 2.25. The van der Waals surface area contributed by atoms with E-state index in [9.17, 15) is 17.6 Å². The van der Waals surface area contributed by atoms with Gasteiger partial charge in [0, 0.05) is 142 Å². The van der Waals surface area contributed by atoms with Crippen LogP contribution in [-0.4, -0.2) is 78.5 Å². The molecule has 12 aromatic rings. The van der Waals surface area contributed by atoms with Crippen LogP contribution >= 0.6 is 0 Å². The molecule has 0 spiro atoms. The molecule has 5 aliphatic rings. The van der Waals surface area contributed by atoms with Crippen LogP contribution in [0.1, 0.15) is 39.2 Å². The number of fused-ring (bicyclic) bond motifs is 9. The number of hydrogen-bond donors (Lipinski definition) is 0. The highest BCUT2D eigenvalue weighted by molar-refractivity contribution is 5.87. The summed E-state index contributed by atoms with van der Waals surface area (Å²) in [6.45, 7) is 9.41. The Bertz CT molecular complexity index is 4240. The second-order valence-corrected chi connectivity index (χ2v) is 22.1. The van der Waals surface area contributed by atoms with Gasteiger partial charge in [-0.05, 0) is 98.8 Å². The first kappa shape index (κ1) is 61.1. The zero-order valence-corrected chi connectivity index (χ0v) is 51.0. The smallest absolute Gasteiger partial charge is 0.228 e. The third-order valence-corrected chi connectivity index (χ3v) is 15.6. The van der Waals surface area contributed by atoms with E-state index in [-0.39, 0.29) is 13.5 Å². The maximum absolute atomic E-state index is 13.4. The largest absolute Gasteiger partial charge is 0.470 e. The number of ether oxygens (including phenoxy) is 5. The van der Waals surface area contributed by atoms with Crippen LogP contribution in [0, 0.1) is 37.1 Å². The van der Waals surface area contributed by atoms with Gasteiger partial charge in [-0.3, -0.25) is 9.97 Å². The molecule has 0 fully saturated rings. The summed E-state index contributed by atoms with van der Waals surface area (Å²) in [4.78, 5) is 48.1. The molecule has 0 radical (unpaired) electrons. The maximum Gasteiger partial charge on any atom is 0.228 e. The van der Waals surface area contributed by atoms with E-state index in [1.54, 1.807) is 67.8 Å². The summed E-state index contributed by atoms with van der Waals surface area (Å²) in [5.41, 5.74) is 12.1. The lowest BCUT2D eigenvalue weighted by Gasteiger charge is -2.31. The molecular formula is C71H60F4N14O5. The summed E-state index contributed by atoms with van der Waals surface area (Å²) >= 11 is 0. The molecule has 0 saturated heterocycles. The van der Waals surface area contributed by atoms with E-state index in [1.165, 1.54) is 12.1 Å². The first-order valence-electron chi connectivity index (χ1n) is 30.0. The lowest BCUT2D eigenvalue weighted by Crippen LogP contribution is -2.33. The van der Waals surface area contributed by atoms with Gasteiger partial charge in [0.25, 0.3) is 0 Å². The van der Waals surface area contributed by atoms with Crippen molar-refractivity contribution in [1.29, 1.82) is 0 Å². The fraction of sp³-hybridized carbons (Fsp3) is 0.169. The molecule has 4 aromatic carbocycles. The Hall–Kier alpha value is -11.8. The van der Waals surface area contributed by atoms with E-state index in [0.29, 0.717) is 56.5 Å². The van der Waals surface area contributed by atoms with Crippen molar-refractivity contribution in [3.05, 3.63) is 270 Å². The topological polar surface area (TPSA) is 178 Å². The molecule has 19 nitrogen and oxygen atoms in total. The van der Waals surface area contributed by atoms with Crippen LogP contribution in [0.25, 0.3) is 21.8 Å². The van der Waals surface area contributed by atoms with Crippen molar-refractivity contribution in [3.8, 4) is 29.1 Å². The van der Waals surface area contributed by atoms with E-state index in [0.717, 1.165) is 127 Å². The summed E-state index contributed by atoms with van der Waals surface area (Å²) in [5, 5.41) is 2.05. The third kappa shape index (κ3) is 14.2. The van der Waals surface area contributed by atoms with Gasteiger partial charge in [-0.2, -0.15) is 0 Å². The van der Waals surface area contributed by atoms with E-state index in [1.807, 2.05) is 144 Å². The lowest BCUT2D eigenvalue weighted by molar-refractivity contribution is 0.275. The number of halogens is 4. The molecule has 472 valence electrons. The molecule has 94 heavy (non-hydrogen) atoms. The zero-order chi connectivity index (χ0) is 64.3. The zero-order valence-electron chi connectivity index (χ0n) is 51.0. The van der Waals surface area contributed by atoms with Gasteiger partial charge in [-0.1, -0.05) is 54.6 Å². The summed E-state index contributed by atoms with van der Waals surface area (Å²) in [7, 11) is 0. The van der Waals surface area contributed by atoms with Crippen LogP contribution in [0.5, 0.6) is 29.1 Å². The van der Waals surface area contributed by atoms with Gasteiger partial charge in [0.2, 0.25) is 23.6 Å². The molecule has 0 amide bonds. The van der Waals surface area contributed by atoms with E-state index >= 15 is 0 Å². The van der Waals surface area contributed by atoms with E-state index < -0.39 is 23.3 Å². The van der Waals surface area contributed by atoms with Crippen molar-refractivity contribution in [2.24, 2.45) is 0 Å². The van der Waals surface area contributed by atoms with E-state index in [2.05, 4.69) is 54.7 Å². The van der Waals surface area contributed by atoms with Crippen LogP contribution in [0.2, 0.25) is 0 Å². The molecule has 23 heteroatoms. The van der Waals surface area contributed by atoms with Crippen molar-refractivity contribution in [3.63, 3.8) is 0 Å². The Balaban J connectivity index is 0.000000108. The van der Waals surface area contributed by atoms with Gasteiger partial charge in [0.05, 0.1) is 31.5 Å². The number of aryl methyl sites for hydroxylation is 2. The number of anilines is 5. The number of rotatable bonds is 5. The Morgan fingerprint density at radius 1 is 0.330 bits per heavy atom. The normalized spacial score (nSPS) is 14.0. The van der Waals surface area contributed by atoms with Gasteiger partial charge in [0.15, 0.2) is 68.4 Å². The van der Waals surface area contributed by atoms with Crippen molar-refractivity contribution in [2.45, 2.75) is 46.6 Å². The van der Waals surface area contributed by atoms with Crippen molar-refractivity contribution in [1.82, 2.24) is 44.9 Å². The van der Waals surface area contributed by atoms with Crippen molar-refractivity contribution in [2.75, 3.05) is 58.2 Å². The Morgan fingerprint density at radius 3 is 1.22 bits per heavy atom. The van der Waals surface area contributed by atoms with Gasteiger partial charge in [0.1, 0.15) is 11.0 Å². The number of benzene rings is 4. The van der Waals surface area contributed by atoms with Crippen LogP contribution in [0.4, 0.5) is 46.3 Å². The summed E-state index contributed by atoms with van der Waals surface area (Å²) in [6.07, 6.45) is 15.9. The predicted octanol–water partition coefficient (Wildman–Crippen LogP) is 13.3. The van der Waals surface area contributed by atoms with Crippen molar-refractivity contribution >= 4 is 50.5 Å². The highest BCUT2D eigenvalue weighted by Crippen LogP contribution is 2.37. The van der Waals surface area contributed by atoms with Crippen LogP contribution in [-0.2, 0) is 32.7 Å². The van der Waals surface area contributed by atoms with Gasteiger partial charge in [-0.15, -0.1) is 0 Å². The predicted molar refractivity (Wildman–Crippen MR) is 347 cm³/mol. The number of aromatic nitrogens is 9. The molecule has 5 aliphatic heterocycles. The molecular weight excluding hydrogens is 1200 g/mol. The minimum Gasteiger partial charge on any atom is -0.470 e. The standard InChI is InChI=1S/2C18H14F2N2O.2C12H11N3O.C11H10N4O/c2*1-11-2-3-12-4-5-13-9-22(10-23-18(13)17(12)21-11)14-6-7-15(19)16(20)8-14;1-3-10-8-15(9-16-12(10)14-6-1)11-4-2-5-13-7-11;1-2-10-8-15(9-16-12(10)14-5-1)11-3-6-13-7-4-11;1-3-9-7-15(8-16-10(9)12-4-1)11-13-5-2-6-14-11/h2*2-8H,9-10H2,1H3;2*1-7H,8-9H2;1-6H,7-8H2. The fourth-order valence-electron chi connectivity index (χ4n) is 10.9. The Labute approximate surface area is 538 Å². The molecule has 13 heterocycles. The molecule has 0 unspecified atom stereocenters. The van der Waals surface area contributed by atoms with Crippen LogP contribution in [0.15, 0.2) is 207 Å². The van der Waals surface area contributed by atoms with Crippen LogP contribution in [0.3, 0.4) is 0 Å². The average Bonchev–Trinajstić information content (AvgIpc) is 0.801. The third-order valence-electron chi connectivity index (χ3n) is 15.6. The van der Waals surface area contributed by atoms with E-state index in [4.69, 9.17) is 23.7 Å². The molecule has 0 N–H and O–H groups in total. The fourth-order valence-corrected chi connectivity index (χ4v) is 10.9. The highest BCUT2D eigenvalue weighted by atomic mass is 19.2. The minimum atomic E-state index is -0.857. The van der Waals surface area contributed by atoms with Gasteiger partial charge in [-0.25, -0.2) is 52.4 Å². The molecule has 17 rings (SSSR count). The summed E-state index contributed by atoms with van der Waals surface area (Å²) in [5.74, 6) is 0.987. The minimum absolute atomic E-state index is 0.271. The quantitative estimate of drug-likeness (QED) is 0.148. The number of hydrogen-bond acceptors (Lipinski definition) is 19. The molecule has 0 saturated carbocycles. The Kier molecular flexibility index (Phi) is 18.3. The molecule has 0 bridgehead atoms. The molecule has 0 atom stereocenters. The van der Waals surface area contributed by atoms with Crippen molar-refractivity contribution < 1.29 is 41.2 Å². The maximum atomic E-state index is 13.4. The summed E-state index contributed by atoms with van der Waals surface area (Å²) in [6, 6.07) is 45.2.